The van der Waals surface area contributed by atoms with Gasteiger partial charge >= 0.3 is 0 Å². The molecule has 0 spiro atoms. The average molecular weight is 434 g/mol. The first kappa shape index (κ1) is 20.6. The summed E-state index contributed by atoms with van der Waals surface area (Å²) in [4.78, 5) is 0.252. The van der Waals surface area contributed by atoms with Crippen LogP contribution >= 0.6 is 0 Å². The third-order valence-corrected chi connectivity index (χ3v) is 10.2. The Morgan fingerprint density at radius 3 is 2.38 bits per heavy atom. The molecule has 4 rings (SSSR count). The topological polar surface area (TPSA) is 80.3 Å². The van der Waals surface area contributed by atoms with E-state index in [1.807, 2.05) is 37.3 Å². The highest BCUT2D eigenvalue weighted by atomic mass is 32.2. The molecule has 1 aliphatic carbocycles. The molecule has 1 saturated heterocycles. The van der Waals surface area contributed by atoms with Crippen molar-refractivity contribution in [1.82, 2.24) is 5.32 Å². The van der Waals surface area contributed by atoms with Crippen molar-refractivity contribution in [2.45, 2.75) is 55.3 Å². The lowest BCUT2D eigenvalue weighted by atomic mass is 9.92. The van der Waals surface area contributed by atoms with E-state index in [0.29, 0.717) is 6.54 Å². The van der Waals surface area contributed by atoms with Gasteiger partial charge in [-0.2, -0.15) is 0 Å². The van der Waals surface area contributed by atoms with Crippen molar-refractivity contribution in [2.24, 2.45) is 0 Å². The number of sulfone groups is 2. The van der Waals surface area contributed by atoms with E-state index in [4.69, 9.17) is 0 Å². The number of nitrogens with one attached hydrogen (secondary N) is 1. The molecule has 1 fully saturated rings. The normalized spacial score (nSPS) is 23.6. The largest absolute Gasteiger partial charge is 0.308 e. The summed E-state index contributed by atoms with van der Waals surface area (Å²) in [6.07, 6.45) is 4.06. The standard InChI is InChI=1S/C22H27NO4S2/c1-16-6-8-17(9-7-16)13-23-21-14-28(24,25)15-22(21)29(26,27)20-11-10-18-4-2-3-5-19(18)12-20/h6-12,21-23H,2-5,13-15H2,1H3/t21-,22-/m0/s1. The number of hydrogen-bond donors (Lipinski definition) is 1. The van der Waals surface area contributed by atoms with Crippen molar-refractivity contribution in [3.8, 4) is 0 Å². The van der Waals surface area contributed by atoms with Crippen LogP contribution in [0.3, 0.4) is 0 Å². The first-order chi connectivity index (χ1) is 13.7. The third-order valence-electron chi connectivity index (χ3n) is 6.04. The molecule has 5 nitrogen and oxygen atoms in total. The molecule has 0 amide bonds. The molecule has 2 aliphatic rings. The lowest BCUT2D eigenvalue weighted by Crippen LogP contribution is -2.43. The van der Waals surface area contributed by atoms with Gasteiger partial charge in [0.2, 0.25) is 0 Å². The average Bonchev–Trinajstić information content (AvgIpc) is 3.02. The van der Waals surface area contributed by atoms with Gasteiger partial charge in [0.1, 0.15) is 0 Å². The maximum Gasteiger partial charge on any atom is 0.183 e. The summed E-state index contributed by atoms with van der Waals surface area (Å²) in [5.41, 5.74) is 4.44. The Balaban J connectivity index is 1.59. The lowest BCUT2D eigenvalue weighted by Gasteiger charge is -2.22. The van der Waals surface area contributed by atoms with Crippen molar-refractivity contribution in [1.29, 1.82) is 0 Å². The van der Waals surface area contributed by atoms with Gasteiger partial charge in [-0.05, 0) is 61.4 Å². The van der Waals surface area contributed by atoms with E-state index >= 15 is 0 Å². The zero-order valence-electron chi connectivity index (χ0n) is 16.6. The molecule has 7 heteroatoms. The minimum Gasteiger partial charge on any atom is -0.308 e. The minimum atomic E-state index is -3.75. The summed E-state index contributed by atoms with van der Waals surface area (Å²) in [6, 6.07) is 12.6. The molecule has 1 aliphatic heterocycles. The summed E-state index contributed by atoms with van der Waals surface area (Å²) in [7, 11) is -7.15. The third kappa shape index (κ3) is 4.42. The van der Waals surface area contributed by atoms with Crippen molar-refractivity contribution < 1.29 is 16.8 Å². The highest BCUT2D eigenvalue weighted by Crippen LogP contribution is 2.30. The van der Waals surface area contributed by atoms with Gasteiger partial charge in [-0.1, -0.05) is 35.9 Å². The van der Waals surface area contributed by atoms with Crippen LogP contribution < -0.4 is 5.32 Å². The maximum absolute atomic E-state index is 13.4. The fourth-order valence-electron chi connectivity index (χ4n) is 4.33. The molecule has 2 atom stereocenters. The Morgan fingerprint density at radius 2 is 1.66 bits per heavy atom. The second-order valence-electron chi connectivity index (χ2n) is 8.27. The monoisotopic (exact) mass is 433 g/mol. The van der Waals surface area contributed by atoms with Crippen LogP contribution in [0.1, 0.15) is 35.1 Å². The molecule has 0 saturated carbocycles. The van der Waals surface area contributed by atoms with E-state index in [1.165, 1.54) is 5.56 Å². The molecular weight excluding hydrogens is 406 g/mol. The Hall–Kier alpha value is -1.70. The lowest BCUT2D eigenvalue weighted by molar-refractivity contribution is 0.526. The van der Waals surface area contributed by atoms with Gasteiger partial charge in [0.15, 0.2) is 19.7 Å². The summed E-state index contributed by atoms with van der Waals surface area (Å²) < 4.78 is 51.4. The van der Waals surface area contributed by atoms with Gasteiger partial charge in [-0.3, -0.25) is 0 Å². The Labute approximate surface area is 173 Å². The molecule has 1 N–H and O–H groups in total. The number of aryl methyl sites for hydroxylation is 3. The van der Waals surface area contributed by atoms with Gasteiger partial charge in [0.25, 0.3) is 0 Å². The number of fused-ring (bicyclic) bond motifs is 1. The summed E-state index contributed by atoms with van der Waals surface area (Å²) >= 11 is 0. The molecular formula is C22H27NO4S2. The molecule has 0 radical (unpaired) electrons. The van der Waals surface area contributed by atoms with Gasteiger partial charge in [0, 0.05) is 12.6 Å². The number of benzene rings is 2. The molecule has 0 bridgehead atoms. The predicted molar refractivity (Wildman–Crippen MR) is 115 cm³/mol. The van der Waals surface area contributed by atoms with Gasteiger partial charge in [0.05, 0.1) is 21.7 Å². The van der Waals surface area contributed by atoms with E-state index in [9.17, 15) is 16.8 Å². The van der Waals surface area contributed by atoms with Crippen LogP contribution in [-0.4, -0.2) is 39.6 Å². The second kappa shape index (κ2) is 7.85. The van der Waals surface area contributed by atoms with E-state index in [0.717, 1.165) is 42.4 Å². The van der Waals surface area contributed by atoms with Crippen LogP contribution in [0.4, 0.5) is 0 Å². The van der Waals surface area contributed by atoms with Crippen LogP contribution in [0.25, 0.3) is 0 Å². The van der Waals surface area contributed by atoms with Gasteiger partial charge in [-0.15, -0.1) is 0 Å². The minimum absolute atomic E-state index is 0.145. The van der Waals surface area contributed by atoms with Crippen LogP contribution in [-0.2, 0) is 39.1 Å². The van der Waals surface area contributed by atoms with Gasteiger partial charge in [-0.25, -0.2) is 16.8 Å². The summed E-state index contributed by atoms with van der Waals surface area (Å²) in [6.45, 7) is 2.44. The Kier molecular flexibility index (Phi) is 5.57. The summed E-state index contributed by atoms with van der Waals surface area (Å²) in [5.74, 6) is -0.467. The Bertz CT molecular complexity index is 1110. The first-order valence-corrected chi connectivity index (χ1v) is 13.5. The van der Waals surface area contributed by atoms with Crippen molar-refractivity contribution in [3.63, 3.8) is 0 Å². The summed E-state index contributed by atoms with van der Waals surface area (Å²) in [5, 5.41) is 2.24. The van der Waals surface area contributed by atoms with Crippen LogP contribution in [0.2, 0.25) is 0 Å². The highest BCUT2D eigenvalue weighted by molar-refractivity contribution is 7.96. The Morgan fingerprint density at radius 1 is 0.966 bits per heavy atom. The number of rotatable bonds is 5. The van der Waals surface area contributed by atoms with Crippen molar-refractivity contribution in [2.75, 3.05) is 11.5 Å². The van der Waals surface area contributed by atoms with E-state index in [2.05, 4.69) is 5.32 Å². The zero-order valence-corrected chi connectivity index (χ0v) is 18.2. The SMILES string of the molecule is Cc1ccc(CN[C@H]2CS(=O)(=O)C[C@@H]2S(=O)(=O)c2ccc3c(c2)CCCC3)cc1. The smallest absolute Gasteiger partial charge is 0.183 e. The molecule has 2 aromatic rings. The van der Waals surface area contributed by atoms with E-state index < -0.39 is 31.0 Å². The zero-order chi connectivity index (χ0) is 20.6. The predicted octanol–water partition coefficient (Wildman–Crippen LogP) is 2.60. The number of hydrogen-bond acceptors (Lipinski definition) is 5. The van der Waals surface area contributed by atoms with E-state index in [-0.39, 0.29) is 16.4 Å². The molecule has 2 aromatic carbocycles. The maximum atomic E-state index is 13.4. The van der Waals surface area contributed by atoms with Gasteiger partial charge < -0.3 is 5.32 Å². The molecule has 0 unspecified atom stereocenters. The van der Waals surface area contributed by atoms with Crippen molar-refractivity contribution in [3.05, 3.63) is 64.7 Å². The quantitative estimate of drug-likeness (QED) is 0.784. The molecule has 0 aromatic heterocycles. The molecule has 156 valence electrons. The molecule has 29 heavy (non-hydrogen) atoms. The fourth-order valence-corrected chi connectivity index (χ4v) is 9.09. The van der Waals surface area contributed by atoms with E-state index in [1.54, 1.807) is 12.1 Å². The van der Waals surface area contributed by atoms with Crippen LogP contribution in [0.5, 0.6) is 0 Å². The van der Waals surface area contributed by atoms with Crippen molar-refractivity contribution >= 4 is 19.7 Å². The molecule has 1 heterocycles. The second-order valence-corrected chi connectivity index (χ2v) is 12.6. The highest BCUT2D eigenvalue weighted by Gasteiger charge is 2.45. The fraction of sp³-hybridized carbons (Fsp3) is 0.455. The first-order valence-electron chi connectivity index (χ1n) is 10.1. The van der Waals surface area contributed by atoms with Crippen LogP contribution in [0, 0.1) is 6.92 Å². The van der Waals surface area contributed by atoms with Crippen LogP contribution in [0.15, 0.2) is 47.4 Å².